The van der Waals surface area contributed by atoms with E-state index in [1.165, 1.54) is 18.2 Å². The average Bonchev–Trinajstić information content (AvgIpc) is 4.07. The zero-order valence-electron chi connectivity index (χ0n) is 36.5. The molecule has 0 saturated heterocycles. The van der Waals surface area contributed by atoms with Gasteiger partial charge >= 0.3 is 20.1 Å². The number of halogens is 3. The molecule has 67 heavy (non-hydrogen) atoms. The number of benzene rings is 6. The Morgan fingerprint density at radius 3 is 0.955 bits per heavy atom. The Hall–Kier alpha value is -7.39. The van der Waals surface area contributed by atoms with Gasteiger partial charge in [-0.1, -0.05) is 127 Å². The number of fused-ring (bicyclic) bond motifs is 9. The van der Waals surface area contributed by atoms with Gasteiger partial charge < -0.3 is 28.2 Å². The van der Waals surface area contributed by atoms with Crippen LogP contribution in [0.3, 0.4) is 0 Å². The van der Waals surface area contributed by atoms with Crippen LogP contribution in [-0.4, -0.2) is 15.0 Å². The Balaban J connectivity index is 0.000000125. The summed E-state index contributed by atoms with van der Waals surface area (Å²) in [7, 11) is 0. The number of pyridine rings is 3. The topological polar surface area (TPSA) is 78.1 Å². The van der Waals surface area contributed by atoms with E-state index in [2.05, 4.69) is 53.9 Å². The maximum atomic E-state index is 14.1. The summed E-state index contributed by atoms with van der Waals surface area (Å²) in [5.74, 6) is -1.11. The Labute approximate surface area is 397 Å². The van der Waals surface area contributed by atoms with Gasteiger partial charge in [-0.3, -0.25) is 0 Å². The zero-order valence-corrected chi connectivity index (χ0v) is 38.9. The molecule has 0 atom stereocenters. The number of aromatic nitrogens is 3. The molecular weight excluding hydrogens is 1020 g/mol. The molecule has 0 aliphatic carbocycles. The van der Waals surface area contributed by atoms with Gasteiger partial charge in [-0.2, -0.15) is 0 Å². The molecule has 0 bridgehead atoms. The summed E-state index contributed by atoms with van der Waals surface area (Å²) >= 11 is 0. The third kappa shape index (κ3) is 8.17. The number of rotatable bonds is 6. The molecule has 0 unspecified atom stereocenters. The van der Waals surface area contributed by atoms with E-state index >= 15 is 0 Å². The summed E-state index contributed by atoms with van der Waals surface area (Å²) in [6.45, 7) is 6.27. The number of furan rings is 3. The smallest absolute Gasteiger partial charge is 0.501 e. The van der Waals surface area contributed by atoms with Crippen LogP contribution in [0, 0.1) is 35.7 Å². The van der Waals surface area contributed by atoms with Crippen LogP contribution in [-0.2, 0) is 39.4 Å². The number of hydrogen-bond acceptors (Lipinski definition) is 6. The van der Waals surface area contributed by atoms with Crippen molar-refractivity contribution in [3.05, 3.63) is 198 Å². The van der Waals surface area contributed by atoms with E-state index in [4.69, 9.17) is 13.3 Å². The molecule has 6 aromatic heterocycles. The van der Waals surface area contributed by atoms with Crippen LogP contribution in [0.25, 0.3) is 99.6 Å². The Morgan fingerprint density at radius 2 is 0.687 bits per heavy atom. The maximum Gasteiger partial charge on any atom is 3.00 e. The Bertz CT molecular complexity index is 3360. The maximum absolute atomic E-state index is 14.1. The molecule has 0 spiro atoms. The molecule has 0 amide bonds. The minimum absolute atomic E-state index is 0. The summed E-state index contributed by atoms with van der Waals surface area (Å²) in [6.07, 6.45) is 7.32. The molecule has 330 valence electrons. The predicted molar refractivity (Wildman–Crippen MR) is 255 cm³/mol. The second kappa shape index (κ2) is 19.2. The van der Waals surface area contributed by atoms with E-state index in [9.17, 15) is 13.2 Å². The standard InChI is InChI=1S/3C19H13FNO.Ir/c3*1-2-12-9-10-14(18-15(20)7-5-11-21-18)19-17(12)13-6-3-4-8-16(13)22-19;/h3*3-9,11H,2H2,1H3;/q3*-1;+3. The van der Waals surface area contributed by atoms with E-state index in [1.54, 1.807) is 36.8 Å². The minimum Gasteiger partial charge on any atom is -0.501 e. The van der Waals surface area contributed by atoms with Crippen molar-refractivity contribution in [3.63, 3.8) is 0 Å². The molecule has 10 heteroatoms. The number of hydrogen-bond donors (Lipinski definition) is 0. The van der Waals surface area contributed by atoms with Gasteiger partial charge in [0.15, 0.2) is 0 Å². The van der Waals surface area contributed by atoms with Gasteiger partial charge in [0.1, 0.15) is 34.2 Å². The van der Waals surface area contributed by atoms with Gasteiger partial charge in [-0.15, -0.1) is 53.1 Å². The molecule has 0 aliphatic rings. The van der Waals surface area contributed by atoms with Gasteiger partial charge in [0.05, 0.1) is 16.7 Å². The van der Waals surface area contributed by atoms with E-state index < -0.39 is 0 Å². The van der Waals surface area contributed by atoms with Gasteiger partial charge in [0.2, 0.25) is 0 Å². The van der Waals surface area contributed by atoms with Crippen molar-refractivity contribution >= 4 is 65.8 Å². The van der Waals surface area contributed by atoms with Crippen LogP contribution < -0.4 is 0 Å². The first-order chi connectivity index (χ1) is 32.4. The summed E-state index contributed by atoms with van der Waals surface area (Å²) in [6, 6.07) is 47.7. The summed E-state index contributed by atoms with van der Waals surface area (Å²) in [4.78, 5) is 12.5. The minimum atomic E-state index is -0.371. The third-order valence-electron chi connectivity index (χ3n) is 11.7. The molecule has 12 aromatic rings. The normalized spacial score (nSPS) is 11.2. The Morgan fingerprint density at radius 1 is 0.403 bits per heavy atom. The van der Waals surface area contributed by atoms with Crippen LogP contribution in [0.1, 0.15) is 37.5 Å². The fourth-order valence-corrected chi connectivity index (χ4v) is 8.59. The molecule has 0 fully saturated rings. The summed E-state index contributed by atoms with van der Waals surface area (Å²) in [5.41, 5.74) is 10.3. The molecule has 6 nitrogen and oxygen atoms in total. The average molecular weight is 1060 g/mol. The molecule has 0 aliphatic heterocycles. The second-order valence-electron chi connectivity index (χ2n) is 15.5. The molecule has 6 aromatic carbocycles. The van der Waals surface area contributed by atoms with Crippen molar-refractivity contribution in [2.75, 3.05) is 0 Å². The van der Waals surface area contributed by atoms with Crippen molar-refractivity contribution < 1.29 is 46.5 Å². The largest absolute Gasteiger partial charge is 3.00 e. The van der Waals surface area contributed by atoms with Crippen LogP contribution in [0.5, 0.6) is 0 Å². The number of aryl methyl sites for hydroxylation is 3. The van der Waals surface area contributed by atoms with Crippen LogP contribution in [0.2, 0.25) is 0 Å². The first kappa shape index (κ1) is 44.8. The molecular formula is C57H39F3IrN3O3. The van der Waals surface area contributed by atoms with Crippen LogP contribution in [0.15, 0.2) is 159 Å². The zero-order chi connectivity index (χ0) is 45.3. The van der Waals surface area contributed by atoms with E-state index in [0.717, 1.165) is 85.0 Å². The van der Waals surface area contributed by atoms with Gasteiger partial charge in [-0.25, -0.2) is 13.2 Å². The number of nitrogens with zero attached hydrogens (tertiary/aromatic N) is 3. The monoisotopic (exact) mass is 1060 g/mol. The van der Waals surface area contributed by atoms with Crippen LogP contribution in [0.4, 0.5) is 13.2 Å². The van der Waals surface area contributed by atoms with E-state index in [-0.39, 0.29) is 54.6 Å². The predicted octanol–water partition coefficient (Wildman–Crippen LogP) is 15.4. The van der Waals surface area contributed by atoms with Crippen molar-refractivity contribution in [2.24, 2.45) is 0 Å². The van der Waals surface area contributed by atoms with Crippen molar-refractivity contribution in [1.82, 2.24) is 15.0 Å². The summed E-state index contributed by atoms with van der Waals surface area (Å²) < 4.78 is 60.3. The molecule has 0 radical (unpaired) electrons. The quantitative estimate of drug-likeness (QED) is 0.154. The molecule has 6 heterocycles. The molecule has 0 N–H and O–H groups in total. The first-order valence-corrected chi connectivity index (χ1v) is 21.7. The van der Waals surface area contributed by atoms with Crippen molar-refractivity contribution in [2.45, 2.75) is 40.0 Å². The van der Waals surface area contributed by atoms with E-state index in [1.807, 2.05) is 91.0 Å². The van der Waals surface area contributed by atoms with Crippen LogP contribution >= 0.6 is 0 Å². The first-order valence-electron chi connectivity index (χ1n) is 21.7. The Kier molecular flexibility index (Phi) is 12.8. The third-order valence-corrected chi connectivity index (χ3v) is 11.7. The number of para-hydroxylation sites is 3. The van der Waals surface area contributed by atoms with Gasteiger partial charge in [-0.05, 0) is 54.6 Å². The molecule has 12 rings (SSSR count). The van der Waals surface area contributed by atoms with Gasteiger partial charge in [0.25, 0.3) is 0 Å². The fraction of sp³-hybridized carbons (Fsp3) is 0.105. The fourth-order valence-electron chi connectivity index (χ4n) is 8.59. The van der Waals surface area contributed by atoms with Crippen molar-refractivity contribution in [1.29, 1.82) is 0 Å². The van der Waals surface area contributed by atoms with Crippen molar-refractivity contribution in [3.8, 4) is 33.8 Å². The summed E-state index contributed by atoms with van der Waals surface area (Å²) in [5, 5.41) is 6.20. The molecule has 0 saturated carbocycles. The SMILES string of the molecule is CCc1c[c-]c(-c2ncccc2F)c2oc3ccccc3c12.CCc1c[c-]c(-c2ncccc2F)c2oc3ccccc3c12.CCc1c[c-]c(-c2ncccc2F)c2oc3ccccc3c12.[Ir+3]. The van der Waals surface area contributed by atoms with Gasteiger partial charge in [0, 0.05) is 51.8 Å². The van der Waals surface area contributed by atoms with E-state index in [0.29, 0.717) is 33.4 Å². The second-order valence-corrected chi connectivity index (χ2v) is 15.5.